The first-order valence-electron chi connectivity index (χ1n) is 6.92. The van der Waals surface area contributed by atoms with Gasteiger partial charge in [0.2, 0.25) is 0 Å². The van der Waals surface area contributed by atoms with Gasteiger partial charge >= 0.3 is 0 Å². The Balaban J connectivity index is 1.82. The fourth-order valence-corrected chi connectivity index (χ4v) is 2.99. The number of halogens is 1. The zero-order valence-corrected chi connectivity index (χ0v) is 13.1. The fourth-order valence-electron chi connectivity index (χ4n) is 2.66. The second-order valence-corrected chi connectivity index (χ2v) is 6.06. The number of nitrogens with zero attached hydrogens (tertiary/aromatic N) is 2. The van der Waals surface area contributed by atoms with Crippen LogP contribution >= 0.6 is 15.9 Å². The number of hydrogen-bond donors (Lipinski definition) is 1. The molecular formula is C16H16BrN3O. The van der Waals surface area contributed by atoms with Crippen LogP contribution in [-0.2, 0) is 12.8 Å². The highest BCUT2D eigenvalue weighted by Gasteiger charge is 2.21. The average molecular weight is 346 g/mol. The van der Waals surface area contributed by atoms with E-state index in [0.717, 1.165) is 17.3 Å². The maximum absolute atomic E-state index is 12.7. The summed E-state index contributed by atoms with van der Waals surface area (Å²) in [5.41, 5.74) is 8.96. The Kier molecular flexibility index (Phi) is 3.92. The minimum absolute atomic E-state index is 0.0471. The van der Waals surface area contributed by atoms with Crippen molar-refractivity contribution in [2.45, 2.75) is 12.8 Å². The van der Waals surface area contributed by atoms with E-state index >= 15 is 0 Å². The molecule has 0 saturated carbocycles. The second-order valence-electron chi connectivity index (χ2n) is 5.15. The van der Waals surface area contributed by atoms with Crippen LogP contribution < -0.4 is 5.73 Å². The van der Waals surface area contributed by atoms with Crippen molar-refractivity contribution in [3.05, 3.63) is 57.7 Å². The monoisotopic (exact) mass is 345 g/mol. The van der Waals surface area contributed by atoms with Gasteiger partial charge in [-0.15, -0.1) is 0 Å². The molecule has 3 rings (SSSR count). The van der Waals surface area contributed by atoms with Crippen LogP contribution in [0.2, 0.25) is 0 Å². The molecule has 1 aromatic carbocycles. The summed E-state index contributed by atoms with van der Waals surface area (Å²) in [6, 6.07) is 10.1. The van der Waals surface area contributed by atoms with Crippen molar-refractivity contribution in [2.75, 3.05) is 18.8 Å². The van der Waals surface area contributed by atoms with Gasteiger partial charge in [0.1, 0.15) is 5.82 Å². The molecule has 2 N–H and O–H groups in total. The van der Waals surface area contributed by atoms with Crippen molar-refractivity contribution in [1.82, 2.24) is 9.88 Å². The zero-order chi connectivity index (χ0) is 14.8. The van der Waals surface area contributed by atoms with E-state index in [4.69, 9.17) is 5.73 Å². The first-order valence-corrected chi connectivity index (χ1v) is 7.71. The summed E-state index contributed by atoms with van der Waals surface area (Å²) in [5, 5.41) is 0. The van der Waals surface area contributed by atoms with E-state index in [1.165, 1.54) is 11.1 Å². The molecule has 2 heterocycles. The van der Waals surface area contributed by atoms with Crippen LogP contribution in [0.15, 0.2) is 41.0 Å². The molecule has 0 aliphatic carbocycles. The number of anilines is 1. The van der Waals surface area contributed by atoms with E-state index in [1.54, 1.807) is 12.3 Å². The predicted octanol–water partition coefficient (Wildman–Crippen LogP) is 2.67. The summed E-state index contributed by atoms with van der Waals surface area (Å²) in [6.45, 7) is 1.42. The summed E-state index contributed by atoms with van der Waals surface area (Å²) >= 11 is 3.34. The zero-order valence-electron chi connectivity index (χ0n) is 11.6. The molecule has 0 radical (unpaired) electrons. The van der Waals surface area contributed by atoms with Gasteiger partial charge in [-0.25, -0.2) is 4.98 Å². The van der Waals surface area contributed by atoms with E-state index in [-0.39, 0.29) is 11.7 Å². The topological polar surface area (TPSA) is 59.2 Å². The number of carbonyl (C=O) groups is 1. The minimum Gasteiger partial charge on any atom is -0.383 e. The molecule has 0 spiro atoms. The van der Waals surface area contributed by atoms with Gasteiger partial charge in [-0.2, -0.15) is 0 Å². The number of fused-ring (bicyclic) bond motifs is 1. The predicted molar refractivity (Wildman–Crippen MR) is 86.1 cm³/mol. The van der Waals surface area contributed by atoms with Gasteiger partial charge in [0.25, 0.3) is 5.91 Å². The first-order chi connectivity index (χ1) is 10.1. The molecule has 0 saturated heterocycles. The summed E-state index contributed by atoms with van der Waals surface area (Å²) in [6.07, 6.45) is 3.36. The Morgan fingerprint density at radius 1 is 1.19 bits per heavy atom. The third kappa shape index (κ3) is 2.93. The largest absolute Gasteiger partial charge is 0.383 e. The SMILES string of the molecule is Nc1ncc(Br)cc1C(=O)N1CCc2ccccc2CC1. The first kappa shape index (κ1) is 14.1. The normalized spacial score (nSPS) is 14.4. The molecule has 108 valence electrons. The molecule has 1 aromatic heterocycles. The number of hydrogen-bond acceptors (Lipinski definition) is 3. The van der Waals surface area contributed by atoms with Gasteiger partial charge in [0, 0.05) is 23.8 Å². The molecule has 0 atom stereocenters. The van der Waals surface area contributed by atoms with Crippen LogP contribution in [0.3, 0.4) is 0 Å². The molecule has 2 aromatic rings. The van der Waals surface area contributed by atoms with E-state index in [9.17, 15) is 4.79 Å². The summed E-state index contributed by atoms with van der Waals surface area (Å²) in [5.74, 6) is 0.235. The summed E-state index contributed by atoms with van der Waals surface area (Å²) in [7, 11) is 0. The average Bonchev–Trinajstić information content (AvgIpc) is 2.71. The number of pyridine rings is 1. The molecule has 0 fully saturated rings. The number of aromatic nitrogens is 1. The van der Waals surface area contributed by atoms with Crippen molar-refractivity contribution < 1.29 is 4.79 Å². The third-order valence-electron chi connectivity index (χ3n) is 3.82. The van der Waals surface area contributed by atoms with Gasteiger partial charge in [-0.1, -0.05) is 24.3 Å². The smallest absolute Gasteiger partial charge is 0.257 e. The van der Waals surface area contributed by atoms with E-state index in [0.29, 0.717) is 18.7 Å². The quantitative estimate of drug-likeness (QED) is 0.864. The van der Waals surface area contributed by atoms with Crippen molar-refractivity contribution in [1.29, 1.82) is 0 Å². The highest BCUT2D eigenvalue weighted by Crippen LogP contribution is 2.20. The molecule has 21 heavy (non-hydrogen) atoms. The number of carbonyl (C=O) groups excluding carboxylic acids is 1. The summed E-state index contributed by atoms with van der Waals surface area (Å²) in [4.78, 5) is 18.6. The van der Waals surface area contributed by atoms with Crippen LogP contribution in [0.25, 0.3) is 0 Å². The number of benzene rings is 1. The lowest BCUT2D eigenvalue weighted by molar-refractivity contribution is 0.0763. The number of amides is 1. The van der Waals surface area contributed by atoms with Crippen molar-refractivity contribution in [3.8, 4) is 0 Å². The second kappa shape index (κ2) is 5.85. The fraction of sp³-hybridized carbons (Fsp3) is 0.250. The molecule has 1 amide bonds. The number of rotatable bonds is 1. The molecule has 0 bridgehead atoms. The van der Waals surface area contributed by atoms with Crippen molar-refractivity contribution >= 4 is 27.7 Å². The molecule has 5 heteroatoms. The van der Waals surface area contributed by atoms with Crippen LogP contribution in [0.5, 0.6) is 0 Å². The molecule has 1 aliphatic rings. The van der Waals surface area contributed by atoms with Crippen LogP contribution in [0, 0.1) is 0 Å². The van der Waals surface area contributed by atoms with Crippen LogP contribution in [0.1, 0.15) is 21.5 Å². The van der Waals surface area contributed by atoms with Gasteiger partial charge in [0.05, 0.1) is 5.56 Å². The molecule has 1 aliphatic heterocycles. The lowest BCUT2D eigenvalue weighted by Gasteiger charge is -2.21. The Labute approximate surface area is 132 Å². The Hall–Kier alpha value is -1.88. The Bertz CT molecular complexity index is 660. The minimum atomic E-state index is -0.0471. The van der Waals surface area contributed by atoms with Gasteiger partial charge < -0.3 is 10.6 Å². The third-order valence-corrected chi connectivity index (χ3v) is 4.26. The lowest BCUT2D eigenvalue weighted by Crippen LogP contribution is -2.33. The highest BCUT2D eigenvalue weighted by molar-refractivity contribution is 9.10. The number of nitrogens with two attached hydrogens (primary N) is 1. The van der Waals surface area contributed by atoms with E-state index < -0.39 is 0 Å². The Morgan fingerprint density at radius 2 is 1.81 bits per heavy atom. The maximum atomic E-state index is 12.7. The van der Waals surface area contributed by atoms with E-state index in [2.05, 4.69) is 33.0 Å². The lowest BCUT2D eigenvalue weighted by atomic mass is 10.0. The Morgan fingerprint density at radius 3 is 2.43 bits per heavy atom. The van der Waals surface area contributed by atoms with Gasteiger partial charge in [-0.05, 0) is 46.0 Å². The van der Waals surface area contributed by atoms with Gasteiger partial charge in [-0.3, -0.25) is 4.79 Å². The molecule has 4 nitrogen and oxygen atoms in total. The van der Waals surface area contributed by atoms with E-state index in [1.807, 2.05) is 17.0 Å². The van der Waals surface area contributed by atoms with Crippen molar-refractivity contribution in [3.63, 3.8) is 0 Å². The molecular weight excluding hydrogens is 330 g/mol. The highest BCUT2D eigenvalue weighted by atomic mass is 79.9. The maximum Gasteiger partial charge on any atom is 0.257 e. The molecule has 0 unspecified atom stereocenters. The standard InChI is InChI=1S/C16H16BrN3O/c17-13-9-14(15(18)19-10-13)16(21)20-7-5-11-3-1-2-4-12(11)6-8-20/h1-4,9-10H,5-8H2,(H2,18,19). The van der Waals surface area contributed by atoms with Crippen LogP contribution in [-0.4, -0.2) is 28.9 Å². The number of nitrogen functional groups attached to an aromatic ring is 1. The van der Waals surface area contributed by atoms with Gasteiger partial charge in [0.15, 0.2) is 0 Å². The van der Waals surface area contributed by atoms with Crippen LogP contribution in [0.4, 0.5) is 5.82 Å². The van der Waals surface area contributed by atoms with Crippen molar-refractivity contribution in [2.24, 2.45) is 0 Å². The summed E-state index contributed by atoms with van der Waals surface area (Å²) < 4.78 is 0.762.